The van der Waals surface area contributed by atoms with Gasteiger partial charge in [-0.3, -0.25) is 9.59 Å². The Morgan fingerprint density at radius 3 is 2.89 bits per heavy atom. The van der Waals surface area contributed by atoms with E-state index in [9.17, 15) is 9.59 Å². The van der Waals surface area contributed by atoms with E-state index in [1.807, 2.05) is 19.9 Å². The predicted octanol–water partition coefficient (Wildman–Crippen LogP) is 1.32. The van der Waals surface area contributed by atoms with Gasteiger partial charge >= 0.3 is 0 Å². The van der Waals surface area contributed by atoms with Gasteiger partial charge in [0.1, 0.15) is 0 Å². The normalized spacial score (nSPS) is 29.1. The predicted molar refractivity (Wildman–Crippen MR) is 73.3 cm³/mol. The van der Waals surface area contributed by atoms with Gasteiger partial charge in [0.15, 0.2) is 5.78 Å². The minimum absolute atomic E-state index is 0.0342. The van der Waals surface area contributed by atoms with Gasteiger partial charge in [-0.15, -0.1) is 0 Å². The van der Waals surface area contributed by atoms with Crippen LogP contribution in [-0.2, 0) is 4.79 Å². The first-order valence-corrected chi connectivity index (χ1v) is 7.05. The number of hydrogen-bond donors (Lipinski definition) is 1. The summed E-state index contributed by atoms with van der Waals surface area (Å²) in [6, 6.07) is 5.09. The number of fused-ring (bicyclic) bond motifs is 4. The molecule has 1 fully saturated rings. The smallest absolute Gasteiger partial charge is 0.251 e. The van der Waals surface area contributed by atoms with Crippen molar-refractivity contribution in [3.8, 4) is 0 Å². The zero-order chi connectivity index (χ0) is 13.6. The molecule has 0 unspecified atom stereocenters. The molecule has 0 spiro atoms. The molecule has 1 saturated heterocycles. The van der Waals surface area contributed by atoms with E-state index in [2.05, 4.69) is 5.32 Å². The maximum absolute atomic E-state index is 12.5. The molecule has 0 amide bonds. The quantitative estimate of drug-likeness (QED) is 0.872. The molecule has 0 saturated carbocycles. The van der Waals surface area contributed by atoms with Gasteiger partial charge in [0.2, 0.25) is 0 Å². The number of rotatable bonds is 2. The average Bonchev–Trinajstić information content (AvgIpc) is 2.40. The highest BCUT2D eigenvalue weighted by Crippen LogP contribution is 2.39. The van der Waals surface area contributed by atoms with E-state index in [4.69, 9.17) is 0 Å². The van der Waals surface area contributed by atoms with Gasteiger partial charge in [-0.25, -0.2) is 0 Å². The Kier molecular flexibility index (Phi) is 3.05. The number of hydrogen-bond acceptors (Lipinski definition) is 3. The number of nitrogens with one attached hydrogen (secondary N) is 1. The molecular formula is C15H20N2O2. The Labute approximate surface area is 112 Å². The summed E-state index contributed by atoms with van der Waals surface area (Å²) in [6.45, 7) is 5.57. The second-order valence-electron chi connectivity index (χ2n) is 6.01. The lowest BCUT2D eigenvalue weighted by Crippen LogP contribution is -2.50. The summed E-state index contributed by atoms with van der Waals surface area (Å²) in [5.74, 6) is 0.759. The molecule has 0 radical (unpaired) electrons. The van der Waals surface area contributed by atoms with Crippen molar-refractivity contribution in [1.82, 2.24) is 9.88 Å². The number of ketones is 1. The third-order valence-corrected chi connectivity index (χ3v) is 4.41. The molecule has 4 nitrogen and oxygen atoms in total. The van der Waals surface area contributed by atoms with Crippen molar-refractivity contribution in [2.45, 2.75) is 32.2 Å². The topological polar surface area (TPSA) is 51.1 Å². The molecule has 3 rings (SSSR count). The van der Waals surface area contributed by atoms with Crippen molar-refractivity contribution < 1.29 is 4.79 Å². The van der Waals surface area contributed by atoms with Gasteiger partial charge in [-0.2, -0.15) is 0 Å². The number of Topliss-reactive ketones (excluding diaryl/α,β-unsaturated/α-hetero) is 1. The molecule has 102 valence electrons. The number of aromatic nitrogens is 1. The van der Waals surface area contributed by atoms with E-state index in [0.717, 1.165) is 25.2 Å². The van der Waals surface area contributed by atoms with Gasteiger partial charge in [0.25, 0.3) is 5.56 Å². The minimum Gasteiger partial charge on any atom is -0.316 e. The van der Waals surface area contributed by atoms with Crippen LogP contribution >= 0.6 is 0 Å². The fraction of sp³-hybridized carbons (Fsp3) is 0.600. The lowest BCUT2D eigenvalue weighted by atomic mass is 9.76. The highest BCUT2D eigenvalue weighted by atomic mass is 16.1. The molecule has 1 aromatic rings. The standard InChI is InChI=1S/C15H20N2O2/c1-9(2)15(19)14-11-6-10(7-16-8-11)12-4-3-5-13(18)17(12)14/h3-5,9-11,14,16H,6-8H2,1-2H3/t10-,11+,14+/m1/s1. The SMILES string of the molecule is CC(C)C(=O)[C@@H]1[C@@H]2CNC[C@@H](C2)c2cccc(=O)n21. The highest BCUT2D eigenvalue weighted by Gasteiger charge is 2.41. The van der Waals surface area contributed by atoms with Gasteiger partial charge in [0.05, 0.1) is 6.04 Å². The lowest BCUT2D eigenvalue weighted by molar-refractivity contribution is -0.127. The molecule has 3 atom stereocenters. The summed E-state index contributed by atoms with van der Waals surface area (Å²) in [7, 11) is 0. The van der Waals surface area contributed by atoms with Crippen molar-refractivity contribution in [1.29, 1.82) is 0 Å². The number of piperidine rings is 1. The van der Waals surface area contributed by atoms with Crippen LogP contribution in [0, 0.1) is 11.8 Å². The third-order valence-electron chi connectivity index (χ3n) is 4.41. The molecule has 19 heavy (non-hydrogen) atoms. The highest BCUT2D eigenvalue weighted by molar-refractivity contribution is 5.85. The first-order chi connectivity index (χ1) is 9.09. The van der Waals surface area contributed by atoms with Crippen molar-refractivity contribution in [3.63, 3.8) is 0 Å². The molecule has 1 N–H and O–H groups in total. The number of carbonyl (C=O) groups excluding carboxylic acids is 1. The Morgan fingerprint density at radius 2 is 2.16 bits per heavy atom. The van der Waals surface area contributed by atoms with E-state index < -0.39 is 0 Å². The Balaban J connectivity index is 2.16. The van der Waals surface area contributed by atoms with Crippen LogP contribution in [0.4, 0.5) is 0 Å². The molecule has 2 aliphatic rings. The first kappa shape index (κ1) is 12.6. The fourth-order valence-electron chi connectivity index (χ4n) is 3.50. The monoisotopic (exact) mass is 260 g/mol. The Bertz CT molecular complexity index is 562. The summed E-state index contributed by atoms with van der Waals surface area (Å²) in [6.07, 6.45) is 1.01. The Hall–Kier alpha value is -1.42. The number of nitrogens with zero attached hydrogens (tertiary/aromatic N) is 1. The van der Waals surface area contributed by atoms with Crippen LogP contribution in [0.15, 0.2) is 23.0 Å². The van der Waals surface area contributed by atoms with Crippen molar-refractivity contribution in [3.05, 3.63) is 34.2 Å². The van der Waals surface area contributed by atoms with Crippen LogP contribution < -0.4 is 10.9 Å². The van der Waals surface area contributed by atoms with Crippen LogP contribution in [-0.4, -0.2) is 23.4 Å². The largest absolute Gasteiger partial charge is 0.316 e. The van der Waals surface area contributed by atoms with Gasteiger partial charge in [0, 0.05) is 36.7 Å². The maximum atomic E-state index is 12.5. The fourth-order valence-corrected chi connectivity index (χ4v) is 3.50. The molecule has 4 heteroatoms. The summed E-state index contributed by atoms with van der Waals surface area (Å²) in [5, 5.41) is 3.40. The van der Waals surface area contributed by atoms with E-state index in [-0.39, 0.29) is 29.2 Å². The van der Waals surface area contributed by atoms with E-state index >= 15 is 0 Å². The van der Waals surface area contributed by atoms with Crippen LogP contribution in [0.25, 0.3) is 0 Å². The first-order valence-electron chi connectivity index (χ1n) is 7.05. The molecule has 0 aromatic carbocycles. The lowest BCUT2D eigenvalue weighted by Gasteiger charge is -2.42. The minimum atomic E-state index is -0.284. The summed E-state index contributed by atoms with van der Waals surface area (Å²) < 4.78 is 1.77. The van der Waals surface area contributed by atoms with E-state index in [0.29, 0.717) is 5.92 Å². The zero-order valence-electron chi connectivity index (χ0n) is 11.4. The van der Waals surface area contributed by atoms with Gasteiger partial charge in [-0.1, -0.05) is 19.9 Å². The van der Waals surface area contributed by atoms with Crippen molar-refractivity contribution in [2.24, 2.45) is 11.8 Å². The maximum Gasteiger partial charge on any atom is 0.251 e. The van der Waals surface area contributed by atoms with Gasteiger partial charge in [-0.05, 0) is 18.4 Å². The molecule has 2 aliphatic heterocycles. The van der Waals surface area contributed by atoms with Crippen molar-refractivity contribution >= 4 is 5.78 Å². The van der Waals surface area contributed by atoms with Crippen LogP contribution in [0.5, 0.6) is 0 Å². The summed E-state index contributed by atoms with van der Waals surface area (Å²) in [5.41, 5.74) is 0.989. The van der Waals surface area contributed by atoms with E-state index in [1.54, 1.807) is 16.7 Å². The number of pyridine rings is 1. The van der Waals surface area contributed by atoms with Crippen LogP contribution in [0.2, 0.25) is 0 Å². The second-order valence-corrected chi connectivity index (χ2v) is 6.01. The Morgan fingerprint density at radius 1 is 1.37 bits per heavy atom. The average molecular weight is 260 g/mol. The number of carbonyl (C=O) groups is 1. The molecular weight excluding hydrogens is 240 g/mol. The van der Waals surface area contributed by atoms with Crippen molar-refractivity contribution in [2.75, 3.05) is 13.1 Å². The van der Waals surface area contributed by atoms with Crippen LogP contribution in [0.3, 0.4) is 0 Å². The molecule has 3 heterocycles. The third kappa shape index (κ3) is 1.94. The van der Waals surface area contributed by atoms with Crippen LogP contribution in [0.1, 0.15) is 37.9 Å². The molecule has 0 aliphatic carbocycles. The molecule has 1 aromatic heterocycles. The second kappa shape index (κ2) is 4.60. The van der Waals surface area contributed by atoms with Gasteiger partial charge < -0.3 is 9.88 Å². The summed E-state index contributed by atoms with van der Waals surface area (Å²) in [4.78, 5) is 24.7. The molecule has 2 bridgehead atoms. The van der Waals surface area contributed by atoms with E-state index in [1.165, 1.54) is 0 Å². The zero-order valence-corrected chi connectivity index (χ0v) is 11.4. The summed E-state index contributed by atoms with van der Waals surface area (Å²) >= 11 is 0.